The first kappa shape index (κ1) is 20.8. The Morgan fingerprint density at radius 3 is 2.08 bits per heavy atom. The van der Waals surface area contributed by atoms with E-state index in [1.165, 1.54) is 0 Å². The lowest BCUT2D eigenvalue weighted by Crippen LogP contribution is -2.49. The molecular formula is C17H29ClN2O4. The Balaban J connectivity index is 0.00000288. The molecule has 0 radical (unpaired) electrons. The lowest BCUT2D eigenvalue weighted by Gasteiger charge is -2.44. The summed E-state index contributed by atoms with van der Waals surface area (Å²) in [7, 11) is 3.16. The summed E-state index contributed by atoms with van der Waals surface area (Å²) in [4.78, 5) is 2.34. The number of ether oxygens (including phenoxy) is 2. The zero-order valence-electron chi connectivity index (χ0n) is 14.8. The van der Waals surface area contributed by atoms with E-state index in [9.17, 15) is 10.2 Å². The van der Waals surface area contributed by atoms with Crippen LogP contribution in [0.5, 0.6) is 17.2 Å². The zero-order valence-corrected chi connectivity index (χ0v) is 15.7. The first-order chi connectivity index (χ1) is 10.9. The third kappa shape index (κ3) is 4.25. The summed E-state index contributed by atoms with van der Waals surface area (Å²) in [6, 6.07) is 3.11. The van der Waals surface area contributed by atoms with Gasteiger partial charge in [0.1, 0.15) is 17.2 Å². The van der Waals surface area contributed by atoms with Crippen LogP contribution in [0.1, 0.15) is 25.5 Å². The molecule has 1 saturated heterocycles. The number of aromatic hydroxyl groups is 1. The minimum absolute atomic E-state index is 0. The molecule has 0 spiro atoms. The van der Waals surface area contributed by atoms with Crippen molar-refractivity contribution in [3.63, 3.8) is 0 Å². The maximum absolute atomic E-state index is 9.96. The summed E-state index contributed by atoms with van der Waals surface area (Å²) in [6.07, 6.45) is 0. The van der Waals surface area contributed by atoms with Crippen LogP contribution in [-0.4, -0.2) is 62.1 Å². The molecule has 1 aliphatic heterocycles. The van der Waals surface area contributed by atoms with Gasteiger partial charge in [0.05, 0.1) is 19.8 Å². The minimum atomic E-state index is -0.394. The van der Waals surface area contributed by atoms with Crippen LogP contribution in [0.4, 0.5) is 0 Å². The van der Waals surface area contributed by atoms with E-state index in [1.54, 1.807) is 26.4 Å². The lowest BCUT2D eigenvalue weighted by atomic mass is 9.79. The number of phenols is 1. The summed E-state index contributed by atoms with van der Waals surface area (Å²) in [6.45, 7) is 7.66. The highest BCUT2D eigenvalue weighted by atomic mass is 35.5. The van der Waals surface area contributed by atoms with Crippen LogP contribution in [0.15, 0.2) is 12.1 Å². The van der Waals surface area contributed by atoms with Gasteiger partial charge >= 0.3 is 0 Å². The Labute approximate surface area is 150 Å². The Kier molecular flexibility index (Phi) is 7.60. The Bertz CT molecular complexity index is 508. The van der Waals surface area contributed by atoms with Crippen molar-refractivity contribution in [3.05, 3.63) is 17.7 Å². The van der Waals surface area contributed by atoms with E-state index in [1.807, 2.05) is 13.8 Å². The van der Waals surface area contributed by atoms with Gasteiger partial charge < -0.3 is 25.0 Å². The highest BCUT2D eigenvalue weighted by Gasteiger charge is 2.39. The van der Waals surface area contributed by atoms with Crippen LogP contribution in [0.2, 0.25) is 0 Å². The quantitative estimate of drug-likeness (QED) is 0.718. The Hall–Kier alpha value is -1.21. The first-order valence-electron chi connectivity index (χ1n) is 7.95. The van der Waals surface area contributed by atoms with Gasteiger partial charge in [-0.25, -0.2) is 0 Å². The molecule has 0 aliphatic carbocycles. The van der Waals surface area contributed by atoms with Crippen LogP contribution in [0, 0.1) is 5.41 Å². The molecule has 138 valence electrons. The van der Waals surface area contributed by atoms with E-state index >= 15 is 0 Å². The minimum Gasteiger partial charge on any atom is -0.508 e. The number of nitrogens with zero attached hydrogens (tertiary/aromatic N) is 1. The second-order valence-electron chi connectivity index (χ2n) is 6.60. The van der Waals surface area contributed by atoms with Crippen molar-refractivity contribution in [1.82, 2.24) is 10.2 Å². The van der Waals surface area contributed by atoms with Crippen LogP contribution in [0.25, 0.3) is 0 Å². The Morgan fingerprint density at radius 1 is 1.17 bits per heavy atom. The predicted molar refractivity (Wildman–Crippen MR) is 96.5 cm³/mol. The van der Waals surface area contributed by atoms with Gasteiger partial charge in [0.25, 0.3) is 0 Å². The fraction of sp³-hybridized carbons (Fsp3) is 0.647. The third-order valence-corrected chi connectivity index (χ3v) is 4.47. The fourth-order valence-corrected chi connectivity index (χ4v) is 3.29. The summed E-state index contributed by atoms with van der Waals surface area (Å²) in [5, 5.41) is 23.2. The average molecular weight is 361 g/mol. The molecule has 3 N–H and O–H groups in total. The fourth-order valence-electron chi connectivity index (χ4n) is 3.29. The van der Waals surface area contributed by atoms with Gasteiger partial charge in [-0.1, -0.05) is 13.8 Å². The highest BCUT2D eigenvalue weighted by molar-refractivity contribution is 5.85. The number of hydrogen-bond acceptors (Lipinski definition) is 6. The smallest absolute Gasteiger partial charge is 0.131 e. The van der Waals surface area contributed by atoms with Crippen molar-refractivity contribution in [3.8, 4) is 17.2 Å². The number of methoxy groups -OCH3 is 2. The second-order valence-corrected chi connectivity index (χ2v) is 6.60. The highest BCUT2D eigenvalue weighted by Crippen LogP contribution is 2.47. The molecular weight excluding hydrogens is 332 g/mol. The van der Waals surface area contributed by atoms with Crippen LogP contribution in [-0.2, 0) is 0 Å². The van der Waals surface area contributed by atoms with Crippen LogP contribution < -0.4 is 14.8 Å². The SMILES string of the molecule is COc1cc(O)cc(OC)c1[C@H](N1CCNCC1)C(C)(C)CO.Cl. The number of rotatable bonds is 6. The van der Waals surface area contributed by atoms with E-state index in [4.69, 9.17) is 9.47 Å². The van der Waals surface area contributed by atoms with Gasteiger partial charge in [0, 0.05) is 56.4 Å². The molecule has 7 heteroatoms. The molecule has 1 fully saturated rings. The number of aliphatic hydroxyl groups excluding tert-OH is 1. The van der Waals surface area contributed by atoms with Gasteiger partial charge in [0.15, 0.2) is 0 Å². The lowest BCUT2D eigenvalue weighted by molar-refractivity contribution is 0.0279. The summed E-state index contributed by atoms with van der Waals surface area (Å²) < 4.78 is 11.0. The Morgan fingerprint density at radius 2 is 1.67 bits per heavy atom. The van der Waals surface area contributed by atoms with E-state index < -0.39 is 5.41 Å². The van der Waals surface area contributed by atoms with Crippen LogP contribution in [0.3, 0.4) is 0 Å². The average Bonchev–Trinajstić information content (AvgIpc) is 2.56. The first-order valence-corrected chi connectivity index (χ1v) is 7.95. The summed E-state index contributed by atoms with van der Waals surface area (Å²) >= 11 is 0. The van der Waals surface area contributed by atoms with E-state index in [0.29, 0.717) is 11.5 Å². The molecule has 0 amide bonds. The predicted octanol–water partition coefficient (Wildman–Crippen LogP) is 1.80. The van der Waals surface area contributed by atoms with Crippen LogP contribution >= 0.6 is 12.4 Å². The largest absolute Gasteiger partial charge is 0.508 e. The van der Waals surface area contributed by atoms with E-state index in [0.717, 1.165) is 31.7 Å². The number of benzene rings is 1. The molecule has 6 nitrogen and oxygen atoms in total. The third-order valence-electron chi connectivity index (χ3n) is 4.47. The molecule has 0 unspecified atom stereocenters. The van der Waals surface area contributed by atoms with E-state index in [2.05, 4.69) is 10.2 Å². The van der Waals surface area contributed by atoms with Gasteiger partial charge in [-0.3, -0.25) is 4.90 Å². The zero-order chi connectivity index (χ0) is 17.0. The summed E-state index contributed by atoms with van der Waals surface area (Å²) in [5.74, 6) is 1.25. The van der Waals surface area contributed by atoms with Crippen molar-refractivity contribution >= 4 is 12.4 Å². The maximum Gasteiger partial charge on any atom is 0.131 e. The number of nitrogens with one attached hydrogen (secondary N) is 1. The topological polar surface area (TPSA) is 74.2 Å². The van der Waals surface area contributed by atoms with Crippen molar-refractivity contribution < 1.29 is 19.7 Å². The van der Waals surface area contributed by atoms with Gasteiger partial charge in [-0.05, 0) is 0 Å². The summed E-state index contributed by atoms with van der Waals surface area (Å²) in [5.41, 5.74) is 0.475. The second kappa shape index (κ2) is 8.76. The number of piperazine rings is 1. The van der Waals surface area contributed by atoms with Crippen molar-refractivity contribution in [2.45, 2.75) is 19.9 Å². The number of hydrogen-bond donors (Lipinski definition) is 3. The standard InChI is InChI=1S/C17H28N2O4.ClH/c1-17(2,11-20)16(19-7-5-18-6-8-19)15-13(22-3)9-12(21)10-14(15)23-4;/h9-10,16,18,20-21H,5-8,11H2,1-4H3;1H/t16-;/m0./s1. The van der Waals surface area contributed by atoms with Crippen molar-refractivity contribution in [2.75, 3.05) is 47.0 Å². The molecule has 1 aliphatic rings. The van der Waals surface area contributed by atoms with Crippen molar-refractivity contribution in [1.29, 1.82) is 0 Å². The monoisotopic (exact) mass is 360 g/mol. The molecule has 1 aromatic rings. The van der Waals surface area contributed by atoms with Crippen molar-refractivity contribution in [2.24, 2.45) is 5.41 Å². The molecule has 1 aromatic carbocycles. The van der Waals surface area contributed by atoms with Gasteiger partial charge in [0.2, 0.25) is 0 Å². The van der Waals surface area contributed by atoms with Gasteiger partial charge in [-0.2, -0.15) is 0 Å². The maximum atomic E-state index is 9.96. The number of aliphatic hydroxyl groups is 1. The van der Waals surface area contributed by atoms with E-state index in [-0.39, 0.29) is 30.8 Å². The molecule has 1 atom stereocenters. The molecule has 24 heavy (non-hydrogen) atoms. The number of phenolic OH excluding ortho intramolecular Hbond substituents is 1. The molecule has 0 bridgehead atoms. The van der Waals surface area contributed by atoms with Gasteiger partial charge in [-0.15, -0.1) is 12.4 Å². The molecule has 1 heterocycles. The molecule has 0 saturated carbocycles. The normalized spacial score (nSPS) is 17.0. The molecule has 0 aromatic heterocycles. The molecule has 2 rings (SSSR count). The number of halogens is 1.